The van der Waals surface area contributed by atoms with Crippen molar-refractivity contribution in [3.8, 4) is 11.4 Å². The standard InChI is InChI=1S/C15H11Cl6N3O2/c1-2-7-26-11(25)9-5-3-8(4-6-9)10-22-12(14(16,17)18)24-13(23-10)15(19,20)21/h3-6H,2,7H2,1H3. The van der Waals surface area contributed by atoms with Crippen LogP contribution in [0.4, 0.5) is 0 Å². The van der Waals surface area contributed by atoms with Crippen LogP contribution in [-0.2, 0) is 12.3 Å². The van der Waals surface area contributed by atoms with E-state index in [1.54, 1.807) is 24.3 Å². The molecule has 0 N–H and O–H groups in total. The number of hydrogen-bond donors (Lipinski definition) is 0. The molecule has 0 saturated heterocycles. The maximum Gasteiger partial charge on any atom is 0.338 e. The van der Waals surface area contributed by atoms with Crippen LogP contribution in [0.1, 0.15) is 35.4 Å². The summed E-state index contributed by atoms with van der Waals surface area (Å²) >= 11 is 35.1. The molecule has 2 aromatic rings. The van der Waals surface area contributed by atoms with Gasteiger partial charge in [0.2, 0.25) is 7.59 Å². The van der Waals surface area contributed by atoms with Gasteiger partial charge in [-0.2, -0.15) is 0 Å². The molecule has 5 nitrogen and oxygen atoms in total. The molecular formula is C15H11Cl6N3O2. The molecule has 140 valence electrons. The van der Waals surface area contributed by atoms with Crippen LogP contribution in [0.15, 0.2) is 24.3 Å². The van der Waals surface area contributed by atoms with E-state index in [0.717, 1.165) is 6.42 Å². The van der Waals surface area contributed by atoms with E-state index < -0.39 is 13.6 Å². The van der Waals surface area contributed by atoms with Gasteiger partial charge in [-0.3, -0.25) is 0 Å². The minimum Gasteiger partial charge on any atom is -0.462 e. The summed E-state index contributed by atoms with van der Waals surface area (Å²) in [4.78, 5) is 24.0. The summed E-state index contributed by atoms with van der Waals surface area (Å²) in [5.74, 6) is -0.699. The molecule has 1 aromatic heterocycles. The van der Waals surface area contributed by atoms with Gasteiger partial charge in [0.25, 0.3) is 0 Å². The van der Waals surface area contributed by atoms with Crippen molar-refractivity contribution in [1.82, 2.24) is 15.0 Å². The van der Waals surface area contributed by atoms with Gasteiger partial charge in [-0.1, -0.05) is 88.7 Å². The van der Waals surface area contributed by atoms with Crippen LogP contribution >= 0.6 is 69.6 Å². The maximum absolute atomic E-state index is 11.9. The zero-order chi connectivity index (χ0) is 19.5. The van der Waals surface area contributed by atoms with Gasteiger partial charge < -0.3 is 4.74 Å². The molecule has 0 spiro atoms. The molecule has 0 atom stereocenters. The smallest absolute Gasteiger partial charge is 0.338 e. The van der Waals surface area contributed by atoms with Gasteiger partial charge >= 0.3 is 5.97 Å². The highest BCUT2D eigenvalue weighted by molar-refractivity contribution is 6.67. The number of alkyl halides is 6. The lowest BCUT2D eigenvalue weighted by atomic mass is 10.1. The van der Waals surface area contributed by atoms with E-state index >= 15 is 0 Å². The summed E-state index contributed by atoms with van der Waals surface area (Å²) < 4.78 is 1.19. The molecule has 2 rings (SSSR count). The van der Waals surface area contributed by atoms with Crippen LogP contribution in [0.5, 0.6) is 0 Å². The molecule has 0 unspecified atom stereocenters. The van der Waals surface area contributed by atoms with E-state index in [-0.39, 0.29) is 17.5 Å². The molecule has 0 aliphatic rings. The molecule has 0 saturated carbocycles. The lowest BCUT2D eigenvalue weighted by Gasteiger charge is -2.15. The lowest BCUT2D eigenvalue weighted by Crippen LogP contribution is -2.16. The molecule has 26 heavy (non-hydrogen) atoms. The second kappa shape index (κ2) is 8.63. The number of rotatable bonds is 4. The van der Waals surface area contributed by atoms with Gasteiger partial charge in [-0.15, -0.1) is 0 Å². The average Bonchev–Trinajstić information content (AvgIpc) is 2.58. The van der Waals surface area contributed by atoms with E-state index in [1.807, 2.05) is 6.92 Å². The number of ether oxygens (including phenoxy) is 1. The van der Waals surface area contributed by atoms with Crippen LogP contribution < -0.4 is 0 Å². The van der Waals surface area contributed by atoms with Crippen molar-refractivity contribution in [2.45, 2.75) is 20.9 Å². The Balaban J connectivity index is 2.43. The third-order valence-corrected chi connectivity index (χ3v) is 3.97. The summed E-state index contributed by atoms with van der Waals surface area (Å²) in [6.45, 7) is 2.24. The number of halogens is 6. The maximum atomic E-state index is 11.9. The fourth-order valence-corrected chi connectivity index (χ4v) is 2.30. The Morgan fingerprint density at radius 3 is 1.85 bits per heavy atom. The first-order valence-electron chi connectivity index (χ1n) is 7.20. The summed E-state index contributed by atoms with van der Waals surface area (Å²) in [5.41, 5.74) is 0.880. The van der Waals surface area contributed by atoms with Crippen LogP contribution in [0.2, 0.25) is 0 Å². The summed E-state index contributed by atoms with van der Waals surface area (Å²) in [5, 5.41) is 0. The predicted molar refractivity (Wildman–Crippen MR) is 104 cm³/mol. The highest BCUT2D eigenvalue weighted by Crippen LogP contribution is 2.40. The first-order valence-corrected chi connectivity index (χ1v) is 9.47. The molecule has 0 aliphatic heterocycles. The van der Waals surface area contributed by atoms with E-state index in [1.165, 1.54) is 0 Å². The minimum absolute atomic E-state index is 0.121. The SMILES string of the molecule is CCCOC(=O)c1ccc(-c2nc(C(Cl)(Cl)Cl)nc(C(Cl)(Cl)Cl)n2)cc1. The van der Waals surface area contributed by atoms with Gasteiger partial charge in [0.1, 0.15) is 0 Å². The second-order valence-corrected chi connectivity index (χ2v) is 9.58. The summed E-state index contributed by atoms with van der Waals surface area (Å²) in [6.07, 6.45) is 0.730. The zero-order valence-corrected chi connectivity index (χ0v) is 17.7. The molecular weight excluding hydrogens is 467 g/mol. The minimum atomic E-state index is -1.94. The van der Waals surface area contributed by atoms with E-state index in [2.05, 4.69) is 15.0 Å². The van der Waals surface area contributed by atoms with Gasteiger partial charge in [0.15, 0.2) is 17.5 Å². The highest BCUT2D eigenvalue weighted by atomic mass is 35.6. The highest BCUT2D eigenvalue weighted by Gasteiger charge is 2.34. The molecule has 11 heteroatoms. The molecule has 0 radical (unpaired) electrons. The van der Waals surface area contributed by atoms with Crippen molar-refractivity contribution in [2.24, 2.45) is 0 Å². The Morgan fingerprint density at radius 1 is 0.923 bits per heavy atom. The fraction of sp³-hybridized carbons (Fsp3) is 0.333. The topological polar surface area (TPSA) is 65.0 Å². The Hall–Kier alpha value is -0.560. The van der Waals surface area contributed by atoms with Crippen LogP contribution in [0.25, 0.3) is 11.4 Å². The predicted octanol–water partition coefficient (Wildman–Crippen LogP) is 5.76. The van der Waals surface area contributed by atoms with Gasteiger partial charge in [-0.25, -0.2) is 19.7 Å². The largest absolute Gasteiger partial charge is 0.462 e. The molecule has 1 aromatic carbocycles. The molecule has 0 amide bonds. The number of carbonyl (C=O) groups is 1. The van der Waals surface area contributed by atoms with Crippen LogP contribution in [0, 0.1) is 0 Å². The first kappa shape index (κ1) is 21.7. The molecule has 0 bridgehead atoms. The van der Waals surface area contributed by atoms with Crippen molar-refractivity contribution < 1.29 is 9.53 Å². The van der Waals surface area contributed by atoms with Crippen LogP contribution in [-0.4, -0.2) is 27.5 Å². The molecule has 0 aliphatic carbocycles. The Bertz CT molecular complexity index is 755. The third kappa shape index (κ3) is 5.72. The number of aromatic nitrogens is 3. The number of carbonyl (C=O) groups excluding carboxylic acids is 1. The Kier molecular flexibility index (Phi) is 7.22. The third-order valence-electron chi connectivity index (χ3n) is 2.96. The average molecular weight is 478 g/mol. The van der Waals surface area contributed by atoms with Crippen molar-refractivity contribution in [1.29, 1.82) is 0 Å². The normalized spacial score (nSPS) is 12.1. The van der Waals surface area contributed by atoms with Crippen molar-refractivity contribution in [2.75, 3.05) is 6.61 Å². The van der Waals surface area contributed by atoms with E-state index in [9.17, 15) is 4.79 Å². The van der Waals surface area contributed by atoms with Gasteiger partial charge in [-0.05, 0) is 18.6 Å². The van der Waals surface area contributed by atoms with Gasteiger partial charge in [0.05, 0.1) is 12.2 Å². The fourth-order valence-electron chi connectivity index (χ4n) is 1.79. The van der Waals surface area contributed by atoms with Crippen molar-refractivity contribution in [3.63, 3.8) is 0 Å². The molecule has 1 heterocycles. The molecule has 0 fully saturated rings. The Labute approximate surface area is 179 Å². The first-order chi connectivity index (χ1) is 12.0. The Morgan fingerprint density at radius 2 is 1.42 bits per heavy atom. The number of nitrogens with zero attached hydrogens (tertiary/aromatic N) is 3. The second-order valence-electron chi connectivity index (χ2n) is 5.02. The zero-order valence-electron chi connectivity index (χ0n) is 13.1. The van der Waals surface area contributed by atoms with Crippen LogP contribution in [0.3, 0.4) is 0 Å². The summed E-state index contributed by atoms with van der Waals surface area (Å²) in [7, 11) is 0. The number of hydrogen-bond acceptors (Lipinski definition) is 5. The quantitative estimate of drug-likeness (QED) is 0.414. The summed E-state index contributed by atoms with van der Waals surface area (Å²) in [6, 6.07) is 6.31. The number of esters is 1. The van der Waals surface area contributed by atoms with E-state index in [4.69, 9.17) is 74.3 Å². The number of benzene rings is 1. The monoisotopic (exact) mass is 475 g/mol. The van der Waals surface area contributed by atoms with Crippen molar-refractivity contribution in [3.05, 3.63) is 41.5 Å². The van der Waals surface area contributed by atoms with Gasteiger partial charge in [0, 0.05) is 5.56 Å². The lowest BCUT2D eigenvalue weighted by molar-refractivity contribution is 0.0505. The van der Waals surface area contributed by atoms with E-state index in [0.29, 0.717) is 17.7 Å². The van der Waals surface area contributed by atoms with Crippen molar-refractivity contribution >= 4 is 75.6 Å².